The smallest absolute Gasteiger partial charge is 0.226 e. The topological polar surface area (TPSA) is 46.4 Å². The predicted molar refractivity (Wildman–Crippen MR) is 116 cm³/mol. The summed E-state index contributed by atoms with van der Waals surface area (Å²) in [6, 6.07) is 8.77. The normalized spacial score (nSPS) is 15.7. The van der Waals surface area contributed by atoms with Crippen molar-refractivity contribution in [2.24, 2.45) is 4.99 Å². The third-order valence-electron chi connectivity index (χ3n) is 5.43. The summed E-state index contributed by atoms with van der Waals surface area (Å²) in [5, 5.41) is 5.19. The van der Waals surface area contributed by atoms with Crippen LogP contribution in [0.3, 0.4) is 0 Å². The van der Waals surface area contributed by atoms with Gasteiger partial charge >= 0.3 is 0 Å². The van der Waals surface area contributed by atoms with Crippen molar-refractivity contribution < 1.29 is 4.79 Å². The van der Waals surface area contributed by atoms with Gasteiger partial charge in [-0.2, -0.15) is 0 Å². The number of carbonyl (C=O) groups is 1. The molecule has 5 heteroatoms. The van der Waals surface area contributed by atoms with E-state index in [0.717, 1.165) is 35.4 Å². The molecule has 0 bridgehead atoms. The maximum atomic E-state index is 12.5. The fourth-order valence-electron chi connectivity index (χ4n) is 3.66. The molecule has 0 saturated heterocycles. The predicted octanol–water partition coefficient (Wildman–Crippen LogP) is 4.75. The molecular formula is C23H33N3OS. The third kappa shape index (κ3) is 6.06. The Labute approximate surface area is 172 Å². The minimum Gasteiger partial charge on any atom is -0.352 e. The lowest BCUT2D eigenvalue weighted by Gasteiger charge is -2.17. The highest BCUT2D eigenvalue weighted by Gasteiger charge is 2.14. The molecule has 3 rings (SSSR count). The van der Waals surface area contributed by atoms with Crippen molar-refractivity contribution in [1.82, 2.24) is 9.88 Å². The molecule has 28 heavy (non-hydrogen) atoms. The molecule has 152 valence electrons. The average molecular weight is 400 g/mol. The van der Waals surface area contributed by atoms with E-state index in [0.29, 0.717) is 19.0 Å². The van der Waals surface area contributed by atoms with Crippen molar-refractivity contribution in [2.45, 2.75) is 84.3 Å². The van der Waals surface area contributed by atoms with E-state index in [9.17, 15) is 4.79 Å². The number of hydrogen-bond acceptors (Lipinski definition) is 3. The van der Waals surface area contributed by atoms with Crippen LogP contribution >= 0.6 is 11.3 Å². The monoisotopic (exact) mass is 399 g/mol. The molecule has 1 aromatic carbocycles. The molecule has 0 radical (unpaired) electrons. The largest absolute Gasteiger partial charge is 0.352 e. The van der Waals surface area contributed by atoms with Crippen LogP contribution in [0.25, 0.3) is 0 Å². The first-order chi connectivity index (χ1) is 13.7. The Hall–Kier alpha value is -1.88. The van der Waals surface area contributed by atoms with Crippen LogP contribution in [-0.2, 0) is 24.3 Å². The zero-order chi connectivity index (χ0) is 19.8. The van der Waals surface area contributed by atoms with Gasteiger partial charge in [-0.1, -0.05) is 62.4 Å². The maximum Gasteiger partial charge on any atom is 0.226 e. The SMILES string of the molecule is CCCCn1c(CC(=O)NCc2ccc(C)cc2)csc1=NC1CCCCC1. The molecule has 0 spiro atoms. The van der Waals surface area contributed by atoms with Gasteiger partial charge in [0.2, 0.25) is 5.91 Å². The highest BCUT2D eigenvalue weighted by molar-refractivity contribution is 7.07. The van der Waals surface area contributed by atoms with Crippen LogP contribution in [0.15, 0.2) is 34.6 Å². The summed E-state index contributed by atoms with van der Waals surface area (Å²) in [6.45, 7) is 5.81. The number of hydrogen-bond donors (Lipinski definition) is 1. The van der Waals surface area contributed by atoms with Gasteiger partial charge in [-0.05, 0) is 31.7 Å². The van der Waals surface area contributed by atoms with Gasteiger partial charge < -0.3 is 9.88 Å². The number of rotatable bonds is 8. The van der Waals surface area contributed by atoms with Crippen LogP contribution in [0.2, 0.25) is 0 Å². The molecule has 1 aliphatic carbocycles. The molecule has 0 unspecified atom stereocenters. The Morgan fingerprint density at radius 2 is 1.96 bits per heavy atom. The first-order valence-electron chi connectivity index (χ1n) is 10.7. The number of amides is 1. The summed E-state index contributed by atoms with van der Waals surface area (Å²) in [5.41, 5.74) is 3.46. The molecule has 1 saturated carbocycles. The van der Waals surface area contributed by atoms with Gasteiger partial charge in [-0.25, -0.2) is 0 Å². The van der Waals surface area contributed by atoms with E-state index in [-0.39, 0.29) is 5.91 Å². The first-order valence-corrected chi connectivity index (χ1v) is 11.6. The molecule has 1 amide bonds. The summed E-state index contributed by atoms with van der Waals surface area (Å²) >= 11 is 1.69. The zero-order valence-electron chi connectivity index (χ0n) is 17.2. The highest BCUT2D eigenvalue weighted by Crippen LogP contribution is 2.20. The standard InChI is InChI=1S/C23H33N3OS/c1-3-4-14-26-21(17-28-23(26)25-20-8-6-5-7-9-20)15-22(27)24-16-19-12-10-18(2)11-13-19/h10-13,17,20H,3-9,14-16H2,1-2H3,(H,24,27). The highest BCUT2D eigenvalue weighted by atomic mass is 32.1. The third-order valence-corrected chi connectivity index (χ3v) is 6.36. The number of carbonyl (C=O) groups excluding carboxylic acids is 1. The van der Waals surface area contributed by atoms with Gasteiger partial charge in [0.05, 0.1) is 12.5 Å². The Balaban J connectivity index is 1.66. The lowest BCUT2D eigenvalue weighted by Crippen LogP contribution is -2.28. The van der Waals surface area contributed by atoms with E-state index in [4.69, 9.17) is 4.99 Å². The molecule has 1 fully saturated rings. The summed E-state index contributed by atoms with van der Waals surface area (Å²) in [4.78, 5) is 18.7. The van der Waals surface area contributed by atoms with Gasteiger partial charge in [0.15, 0.2) is 4.80 Å². The number of aryl methyl sites for hydroxylation is 1. The summed E-state index contributed by atoms with van der Waals surface area (Å²) in [7, 11) is 0. The number of nitrogens with zero attached hydrogens (tertiary/aromatic N) is 2. The van der Waals surface area contributed by atoms with Crippen molar-refractivity contribution in [3.05, 3.63) is 51.3 Å². The van der Waals surface area contributed by atoms with Gasteiger partial charge in [0.1, 0.15) is 0 Å². The molecule has 0 atom stereocenters. The van der Waals surface area contributed by atoms with E-state index in [2.05, 4.69) is 53.4 Å². The lowest BCUT2D eigenvalue weighted by atomic mass is 9.96. The van der Waals surface area contributed by atoms with Gasteiger partial charge in [0, 0.05) is 24.2 Å². The van der Waals surface area contributed by atoms with E-state index in [1.807, 2.05) is 0 Å². The fourth-order valence-corrected chi connectivity index (χ4v) is 4.66. The van der Waals surface area contributed by atoms with E-state index >= 15 is 0 Å². The van der Waals surface area contributed by atoms with Crippen LogP contribution in [0, 0.1) is 6.92 Å². The Morgan fingerprint density at radius 1 is 1.21 bits per heavy atom. The quantitative estimate of drug-likeness (QED) is 0.684. The molecule has 0 aliphatic heterocycles. The zero-order valence-corrected chi connectivity index (χ0v) is 18.1. The second-order valence-corrected chi connectivity index (χ2v) is 8.71. The van der Waals surface area contributed by atoms with Crippen molar-refractivity contribution in [2.75, 3.05) is 0 Å². The van der Waals surface area contributed by atoms with Crippen molar-refractivity contribution in [1.29, 1.82) is 0 Å². The fraction of sp³-hybridized carbons (Fsp3) is 0.565. The first kappa shape index (κ1) is 20.8. The van der Waals surface area contributed by atoms with Crippen LogP contribution < -0.4 is 10.1 Å². The van der Waals surface area contributed by atoms with Crippen LogP contribution in [-0.4, -0.2) is 16.5 Å². The molecule has 2 aromatic rings. The lowest BCUT2D eigenvalue weighted by molar-refractivity contribution is -0.120. The molecule has 1 heterocycles. The number of thiazole rings is 1. The summed E-state index contributed by atoms with van der Waals surface area (Å²) < 4.78 is 2.29. The van der Waals surface area contributed by atoms with Crippen LogP contribution in [0.5, 0.6) is 0 Å². The maximum absolute atomic E-state index is 12.5. The molecule has 4 nitrogen and oxygen atoms in total. The molecule has 1 N–H and O–H groups in total. The second-order valence-electron chi connectivity index (χ2n) is 7.87. The second kappa shape index (κ2) is 10.6. The minimum atomic E-state index is 0.0767. The van der Waals surface area contributed by atoms with Gasteiger partial charge in [-0.15, -0.1) is 11.3 Å². The van der Waals surface area contributed by atoms with Crippen LogP contribution in [0.1, 0.15) is 68.7 Å². The Kier molecular flexibility index (Phi) is 7.90. The number of aromatic nitrogens is 1. The Morgan fingerprint density at radius 3 is 2.68 bits per heavy atom. The average Bonchev–Trinajstić information content (AvgIpc) is 3.07. The number of nitrogens with one attached hydrogen (secondary N) is 1. The summed E-state index contributed by atoms with van der Waals surface area (Å²) in [5.74, 6) is 0.0767. The van der Waals surface area contributed by atoms with Gasteiger partial charge in [-0.3, -0.25) is 9.79 Å². The molecule has 1 aliphatic rings. The van der Waals surface area contributed by atoms with Gasteiger partial charge in [0.25, 0.3) is 0 Å². The van der Waals surface area contributed by atoms with Crippen LogP contribution in [0.4, 0.5) is 0 Å². The molecule has 1 aromatic heterocycles. The van der Waals surface area contributed by atoms with E-state index in [1.165, 1.54) is 37.7 Å². The number of unbranched alkanes of at least 4 members (excludes halogenated alkanes) is 1. The van der Waals surface area contributed by atoms with Crippen molar-refractivity contribution in [3.8, 4) is 0 Å². The molecular weight excluding hydrogens is 366 g/mol. The van der Waals surface area contributed by atoms with E-state index in [1.54, 1.807) is 11.3 Å². The number of benzene rings is 1. The summed E-state index contributed by atoms with van der Waals surface area (Å²) in [6.07, 6.45) is 9.03. The van der Waals surface area contributed by atoms with E-state index < -0.39 is 0 Å². The Bertz CT molecular complexity index is 813. The van der Waals surface area contributed by atoms with Crippen molar-refractivity contribution in [3.63, 3.8) is 0 Å². The van der Waals surface area contributed by atoms with Crippen molar-refractivity contribution >= 4 is 17.2 Å². The minimum absolute atomic E-state index is 0.0767.